The van der Waals surface area contributed by atoms with Crippen LogP contribution in [0.2, 0.25) is 0 Å². The molecule has 0 fully saturated rings. The van der Waals surface area contributed by atoms with Gasteiger partial charge in [0, 0.05) is 23.9 Å². The second kappa shape index (κ2) is 5.98. The maximum absolute atomic E-state index is 11.6. The molecule has 0 radical (unpaired) electrons. The molecule has 3 nitrogen and oxygen atoms in total. The molecule has 5 heteroatoms. The van der Waals surface area contributed by atoms with Gasteiger partial charge in [0.25, 0.3) is 5.91 Å². The molecule has 0 aliphatic carbocycles. The normalized spacial score (nSPS) is 12.2. The number of halogens is 1. The average molecular weight is 248 g/mol. The number of carbonyl (C=O) groups is 1. The number of thiophene rings is 1. The van der Waals surface area contributed by atoms with E-state index in [0.29, 0.717) is 17.3 Å². The Hall–Kier alpha value is -0.740. The molecule has 1 unspecified atom stereocenters. The van der Waals surface area contributed by atoms with Crippen molar-refractivity contribution < 1.29 is 9.53 Å². The molecule has 0 aromatic carbocycles. The molecule has 1 N–H and O–H groups in total. The van der Waals surface area contributed by atoms with Crippen molar-refractivity contribution in [2.24, 2.45) is 5.92 Å². The SMILES string of the molecule is COc1csc(C(=O)NCC(C)CCl)c1. The van der Waals surface area contributed by atoms with E-state index < -0.39 is 0 Å². The van der Waals surface area contributed by atoms with Crippen molar-refractivity contribution in [3.05, 3.63) is 16.3 Å². The average Bonchev–Trinajstić information content (AvgIpc) is 2.73. The van der Waals surface area contributed by atoms with Crippen molar-refractivity contribution >= 4 is 28.8 Å². The van der Waals surface area contributed by atoms with Gasteiger partial charge in [-0.3, -0.25) is 4.79 Å². The van der Waals surface area contributed by atoms with Crippen molar-refractivity contribution in [1.29, 1.82) is 0 Å². The Bertz CT molecular complexity index is 327. The summed E-state index contributed by atoms with van der Waals surface area (Å²) in [6, 6.07) is 1.73. The monoisotopic (exact) mass is 247 g/mol. The molecular formula is C10H14ClNO2S. The Morgan fingerprint density at radius 1 is 1.73 bits per heavy atom. The van der Waals surface area contributed by atoms with Gasteiger partial charge in [-0.15, -0.1) is 22.9 Å². The molecular weight excluding hydrogens is 234 g/mol. The van der Waals surface area contributed by atoms with Gasteiger partial charge in [0.15, 0.2) is 0 Å². The predicted octanol–water partition coefficient (Wildman–Crippen LogP) is 2.36. The summed E-state index contributed by atoms with van der Waals surface area (Å²) in [6.07, 6.45) is 0. The van der Waals surface area contributed by atoms with Crippen LogP contribution in [0.5, 0.6) is 5.75 Å². The van der Waals surface area contributed by atoms with Crippen molar-refractivity contribution in [2.45, 2.75) is 6.92 Å². The van der Waals surface area contributed by atoms with E-state index in [-0.39, 0.29) is 11.8 Å². The molecule has 1 amide bonds. The first-order valence-electron chi connectivity index (χ1n) is 4.64. The fraction of sp³-hybridized carbons (Fsp3) is 0.500. The molecule has 0 aliphatic heterocycles. The van der Waals surface area contributed by atoms with Gasteiger partial charge in [0.2, 0.25) is 0 Å². The fourth-order valence-electron chi connectivity index (χ4n) is 0.954. The van der Waals surface area contributed by atoms with Crippen LogP contribution in [0.25, 0.3) is 0 Å². The molecule has 0 saturated heterocycles. The molecule has 0 saturated carbocycles. The van der Waals surface area contributed by atoms with Crippen LogP contribution in [0.4, 0.5) is 0 Å². The van der Waals surface area contributed by atoms with Crippen molar-refractivity contribution in [2.75, 3.05) is 19.5 Å². The Labute approximate surface area is 98.4 Å². The topological polar surface area (TPSA) is 38.3 Å². The molecule has 1 rings (SSSR count). The number of rotatable bonds is 5. The maximum Gasteiger partial charge on any atom is 0.261 e. The molecule has 0 spiro atoms. The molecule has 1 aromatic heterocycles. The number of carbonyl (C=O) groups excluding carboxylic acids is 1. The maximum atomic E-state index is 11.6. The summed E-state index contributed by atoms with van der Waals surface area (Å²) in [4.78, 5) is 12.3. The first-order chi connectivity index (χ1) is 7.17. The second-order valence-electron chi connectivity index (χ2n) is 3.32. The summed E-state index contributed by atoms with van der Waals surface area (Å²) in [7, 11) is 1.58. The van der Waals surface area contributed by atoms with Gasteiger partial charge in [-0.05, 0) is 5.92 Å². The van der Waals surface area contributed by atoms with E-state index in [1.54, 1.807) is 18.6 Å². The Morgan fingerprint density at radius 3 is 3.00 bits per heavy atom. The molecule has 84 valence electrons. The van der Waals surface area contributed by atoms with Crippen LogP contribution in [-0.4, -0.2) is 25.4 Å². The summed E-state index contributed by atoms with van der Waals surface area (Å²) in [5, 5.41) is 4.62. The van der Waals surface area contributed by atoms with E-state index in [9.17, 15) is 4.79 Å². The largest absolute Gasteiger partial charge is 0.496 e. The minimum absolute atomic E-state index is 0.0692. The number of amides is 1. The van der Waals surface area contributed by atoms with Crippen LogP contribution in [0.15, 0.2) is 11.4 Å². The van der Waals surface area contributed by atoms with Crippen LogP contribution in [0, 0.1) is 5.92 Å². The van der Waals surface area contributed by atoms with Crippen LogP contribution in [0.3, 0.4) is 0 Å². The van der Waals surface area contributed by atoms with E-state index in [4.69, 9.17) is 16.3 Å². The van der Waals surface area contributed by atoms with Gasteiger partial charge >= 0.3 is 0 Å². The molecule has 1 heterocycles. The predicted molar refractivity (Wildman–Crippen MR) is 63.1 cm³/mol. The number of ether oxygens (including phenoxy) is 1. The lowest BCUT2D eigenvalue weighted by molar-refractivity contribution is 0.0953. The lowest BCUT2D eigenvalue weighted by Gasteiger charge is -2.07. The summed E-state index contributed by atoms with van der Waals surface area (Å²) in [6.45, 7) is 2.59. The van der Waals surface area contributed by atoms with E-state index in [2.05, 4.69) is 5.32 Å². The fourth-order valence-corrected chi connectivity index (χ4v) is 1.83. The highest BCUT2D eigenvalue weighted by molar-refractivity contribution is 7.12. The van der Waals surface area contributed by atoms with E-state index in [1.807, 2.05) is 6.92 Å². The second-order valence-corrected chi connectivity index (χ2v) is 4.54. The molecule has 1 aromatic rings. The highest BCUT2D eigenvalue weighted by Crippen LogP contribution is 2.20. The Balaban J connectivity index is 2.46. The molecule has 15 heavy (non-hydrogen) atoms. The molecule has 1 atom stereocenters. The van der Waals surface area contributed by atoms with Crippen LogP contribution in [0.1, 0.15) is 16.6 Å². The Kier molecular flexibility index (Phi) is 4.91. The van der Waals surface area contributed by atoms with Gasteiger partial charge in [0.05, 0.1) is 12.0 Å². The zero-order chi connectivity index (χ0) is 11.3. The van der Waals surface area contributed by atoms with Gasteiger partial charge in [0.1, 0.15) is 5.75 Å². The summed E-state index contributed by atoms with van der Waals surface area (Å²) < 4.78 is 5.00. The van der Waals surface area contributed by atoms with Gasteiger partial charge < -0.3 is 10.1 Å². The summed E-state index contributed by atoms with van der Waals surface area (Å²) >= 11 is 7.01. The summed E-state index contributed by atoms with van der Waals surface area (Å²) in [5.41, 5.74) is 0. The third-order valence-electron chi connectivity index (χ3n) is 1.91. The minimum atomic E-state index is -0.0692. The van der Waals surface area contributed by atoms with Crippen molar-refractivity contribution in [3.8, 4) is 5.75 Å². The zero-order valence-corrected chi connectivity index (χ0v) is 10.3. The highest BCUT2D eigenvalue weighted by Gasteiger charge is 2.10. The van der Waals surface area contributed by atoms with Gasteiger partial charge in [-0.2, -0.15) is 0 Å². The zero-order valence-electron chi connectivity index (χ0n) is 8.75. The van der Waals surface area contributed by atoms with E-state index >= 15 is 0 Å². The van der Waals surface area contributed by atoms with Crippen molar-refractivity contribution in [1.82, 2.24) is 5.32 Å². The number of hydrogen-bond acceptors (Lipinski definition) is 3. The number of nitrogens with one attached hydrogen (secondary N) is 1. The quantitative estimate of drug-likeness (QED) is 0.812. The number of alkyl halides is 1. The van der Waals surface area contributed by atoms with Crippen LogP contribution >= 0.6 is 22.9 Å². The Morgan fingerprint density at radius 2 is 2.47 bits per heavy atom. The van der Waals surface area contributed by atoms with E-state index in [1.165, 1.54) is 11.3 Å². The highest BCUT2D eigenvalue weighted by atomic mass is 35.5. The number of hydrogen-bond donors (Lipinski definition) is 1. The molecule has 0 bridgehead atoms. The standard InChI is InChI=1S/C10H14ClNO2S/c1-7(4-11)5-12-10(13)9-3-8(14-2)6-15-9/h3,6-7H,4-5H2,1-2H3,(H,12,13). The summed E-state index contributed by atoms with van der Waals surface area (Å²) in [5.74, 6) is 1.49. The smallest absolute Gasteiger partial charge is 0.261 e. The third kappa shape index (κ3) is 3.72. The lowest BCUT2D eigenvalue weighted by atomic mass is 10.2. The molecule has 0 aliphatic rings. The third-order valence-corrected chi connectivity index (χ3v) is 3.34. The van der Waals surface area contributed by atoms with Gasteiger partial charge in [-0.25, -0.2) is 0 Å². The lowest BCUT2D eigenvalue weighted by Crippen LogP contribution is -2.28. The van der Waals surface area contributed by atoms with Crippen LogP contribution in [-0.2, 0) is 0 Å². The van der Waals surface area contributed by atoms with E-state index in [0.717, 1.165) is 5.75 Å². The number of methoxy groups -OCH3 is 1. The van der Waals surface area contributed by atoms with Crippen molar-refractivity contribution in [3.63, 3.8) is 0 Å². The minimum Gasteiger partial charge on any atom is -0.496 e. The first kappa shape index (κ1) is 12.3. The van der Waals surface area contributed by atoms with Gasteiger partial charge in [-0.1, -0.05) is 6.92 Å². The van der Waals surface area contributed by atoms with Crippen LogP contribution < -0.4 is 10.1 Å². The first-order valence-corrected chi connectivity index (χ1v) is 6.05.